The molecule has 0 unspecified atom stereocenters. The van der Waals surface area contributed by atoms with E-state index in [4.69, 9.17) is 4.74 Å². The number of fused-ring (bicyclic) bond motifs is 1. The first-order valence-corrected chi connectivity index (χ1v) is 6.02. The van der Waals surface area contributed by atoms with Gasteiger partial charge in [-0.25, -0.2) is 4.39 Å². The van der Waals surface area contributed by atoms with Crippen molar-refractivity contribution in [1.29, 1.82) is 0 Å². The zero-order valence-electron chi connectivity index (χ0n) is 10.6. The molecule has 0 aliphatic heterocycles. The molecule has 0 saturated carbocycles. The van der Waals surface area contributed by atoms with Gasteiger partial charge in [0, 0.05) is 17.1 Å². The third-order valence-electron chi connectivity index (χ3n) is 3.17. The van der Waals surface area contributed by atoms with Crippen LogP contribution in [0.1, 0.15) is 31.0 Å². The van der Waals surface area contributed by atoms with Crippen molar-refractivity contribution in [2.45, 2.75) is 33.1 Å². The molecule has 0 aliphatic carbocycles. The van der Waals surface area contributed by atoms with Crippen molar-refractivity contribution in [2.24, 2.45) is 0 Å². The largest absolute Gasteiger partial charge is 0.497 e. The standard InChI is InChI=1S/C14H18FNO/c1-4-5-6-11-9(2)16-14-12(11)7-10(17-3)8-13(14)15/h7-8,16H,4-6H2,1-3H3. The average Bonchev–Trinajstić information content (AvgIpc) is 2.63. The van der Waals surface area contributed by atoms with Crippen LogP contribution in [0.25, 0.3) is 10.9 Å². The Kier molecular flexibility index (Phi) is 3.36. The van der Waals surface area contributed by atoms with Crippen LogP contribution in [-0.4, -0.2) is 12.1 Å². The lowest BCUT2D eigenvalue weighted by molar-refractivity contribution is 0.412. The fourth-order valence-electron chi connectivity index (χ4n) is 2.21. The number of hydrogen-bond acceptors (Lipinski definition) is 1. The van der Waals surface area contributed by atoms with E-state index >= 15 is 0 Å². The van der Waals surface area contributed by atoms with Crippen LogP contribution in [0.5, 0.6) is 5.75 Å². The molecule has 0 spiro atoms. The summed E-state index contributed by atoms with van der Waals surface area (Å²) in [6.45, 7) is 4.16. The van der Waals surface area contributed by atoms with E-state index in [2.05, 4.69) is 11.9 Å². The fourth-order valence-corrected chi connectivity index (χ4v) is 2.21. The summed E-state index contributed by atoms with van der Waals surface area (Å²) in [6.07, 6.45) is 3.24. The molecular weight excluding hydrogens is 217 g/mol. The van der Waals surface area contributed by atoms with Gasteiger partial charge in [-0.05, 0) is 31.4 Å². The third-order valence-corrected chi connectivity index (χ3v) is 3.17. The van der Waals surface area contributed by atoms with E-state index in [0.717, 1.165) is 30.3 Å². The molecule has 3 heteroatoms. The number of rotatable bonds is 4. The number of H-pyrrole nitrogens is 1. The van der Waals surface area contributed by atoms with Gasteiger partial charge < -0.3 is 9.72 Å². The number of hydrogen-bond donors (Lipinski definition) is 1. The number of methoxy groups -OCH3 is 1. The lowest BCUT2D eigenvalue weighted by atomic mass is 10.0. The van der Waals surface area contributed by atoms with Crippen LogP contribution in [0.2, 0.25) is 0 Å². The SMILES string of the molecule is CCCCc1c(C)[nH]c2c(F)cc(OC)cc12. The number of ether oxygens (including phenoxy) is 1. The van der Waals surface area contributed by atoms with Gasteiger partial charge in [0.1, 0.15) is 5.75 Å². The minimum atomic E-state index is -0.245. The molecule has 0 saturated heterocycles. The highest BCUT2D eigenvalue weighted by molar-refractivity contribution is 5.86. The number of unbranched alkanes of at least 4 members (excludes halogenated alkanes) is 1. The zero-order chi connectivity index (χ0) is 12.4. The van der Waals surface area contributed by atoms with Gasteiger partial charge in [0.15, 0.2) is 5.82 Å². The van der Waals surface area contributed by atoms with Crippen molar-refractivity contribution in [1.82, 2.24) is 4.98 Å². The second kappa shape index (κ2) is 4.78. The van der Waals surface area contributed by atoms with Crippen molar-refractivity contribution < 1.29 is 9.13 Å². The summed E-state index contributed by atoms with van der Waals surface area (Å²) in [4.78, 5) is 3.12. The third kappa shape index (κ3) is 2.14. The molecule has 0 atom stereocenters. The van der Waals surface area contributed by atoms with Crippen molar-refractivity contribution in [2.75, 3.05) is 7.11 Å². The van der Waals surface area contributed by atoms with Crippen LogP contribution in [0, 0.1) is 12.7 Å². The first kappa shape index (κ1) is 12.0. The Morgan fingerprint density at radius 3 is 2.76 bits per heavy atom. The summed E-state index contributed by atoms with van der Waals surface area (Å²) in [5.41, 5.74) is 2.86. The molecule has 1 aromatic carbocycles. The molecule has 17 heavy (non-hydrogen) atoms. The van der Waals surface area contributed by atoms with Gasteiger partial charge in [-0.1, -0.05) is 13.3 Å². The van der Waals surface area contributed by atoms with Gasteiger partial charge in [-0.2, -0.15) is 0 Å². The fraction of sp³-hybridized carbons (Fsp3) is 0.429. The van der Waals surface area contributed by atoms with Crippen molar-refractivity contribution in [3.05, 3.63) is 29.2 Å². The average molecular weight is 235 g/mol. The number of benzene rings is 1. The van der Waals surface area contributed by atoms with Gasteiger partial charge in [-0.15, -0.1) is 0 Å². The van der Waals surface area contributed by atoms with Crippen LogP contribution < -0.4 is 4.74 Å². The Labute approximate surface area is 101 Å². The summed E-state index contributed by atoms with van der Waals surface area (Å²) in [6, 6.07) is 3.33. The Morgan fingerprint density at radius 1 is 1.35 bits per heavy atom. The van der Waals surface area contributed by atoms with E-state index in [1.54, 1.807) is 7.11 Å². The molecule has 0 amide bonds. The normalized spacial score (nSPS) is 11.1. The minimum absolute atomic E-state index is 0.245. The molecule has 1 aromatic heterocycles. The predicted octanol–water partition coefficient (Wildman–Crippen LogP) is 3.97. The molecular formula is C14H18FNO. The first-order valence-electron chi connectivity index (χ1n) is 6.02. The summed E-state index contributed by atoms with van der Waals surface area (Å²) in [5.74, 6) is 0.331. The van der Waals surface area contributed by atoms with Gasteiger partial charge in [0.2, 0.25) is 0 Å². The second-order valence-corrected chi connectivity index (χ2v) is 4.36. The minimum Gasteiger partial charge on any atom is -0.497 e. The summed E-state index contributed by atoms with van der Waals surface area (Å²) < 4.78 is 19.0. The van der Waals surface area contributed by atoms with Gasteiger partial charge >= 0.3 is 0 Å². The van der Waals surface area contributed by atoms with E-state index in [-0.39, 0.29) is 5.82 Å². The number of aryl methyl sites for hydroxylation is 2. The highest BCUT2D eigenvalue weighted by Gasteiger charge is 2.13. The maximum atomic E-state index is 13.8. The Morgan fingerprint density at radius 2 is 2.12 bits per heavy atom. The van der Waals surface area contributed by atoms with Crippen LogP contribution in [-0.2, 0) is 6.42 Å². The number of aromatic nitrogens is 1. The molecule has 1 heterocycles. The van der Waals surface area contributed by atoms with Crippen molar-refractivity contribution in [3.63, 3.8) is 0 Å². The quantitative estimate of drug-likeness (QED) is 0.852. The summed E-state index contributed by atoms with van der Waals surface area (Å²) in [5, 5.41) is 0.952. The molecule has 2 rings (SSSR count). The van der Waals surface area contributed by atoms with E-state index < -0.39 is 0 Å². The van der Waals surface area contributed by atoms with Crippen LogP contribution in [0.15, 0.2) is 12.1 Å². The molecule has 0 radical (unpaired) electrons. The Balaban J connectivity index is 2.57. The molecule has 0 fully saturated rings. The maximum absolute atomic E-state index is 13.8. The molecule has 1 N–H and O–H groups in total. The highest BCUT2D eigenvalue weighted by atomic mass is 19.1. The lowest BCUT2D eigenvalue weighted by Gasteiger charge is -2.03. The van der Waals surface area contributed by atoms with Gasteiger partial charge in [-0.3, -0.25) is 0 Å². The van der Waals surface area contributed by atoms with Crippen molar-refractivity contribution in [3.8, 4) is 5.75 Å². The van der Waals surface area contributed by atoms with Crippen LogP contribution in [0.4, 0.5) is 4.39 Å². The number of halogens is 1. The topological polar surface area (TPSA) is 25.0 Å². The van der Waals surface area contributed by atoms with Crippen molar-refractivity contribution >= 4 is 10.9 Å². The maximum Gasteiger partial charge on any atom is 0.150 e. The Bertz CT molecular complexity index is 530. The smallest absolute Gasteiger partial charge is 0.150 e. The van der Waals surface area contributed by atoms with Crippen LogP contribution >= 0.6 is 0 Å². The van der Waals surface area contributed by atoms with E-state index in [9.17, 15) is 4.39 Å². The molecule has 92 valence electrons. The van der Waals surface area contributed by atoms with E-state index in [0.29, 0.717) is 11.3 Å². The molecule has 0 aliphatic rings. The first-order chi connectivity index (χ1) is 8.17. The Hall–Kier alpha value is -1.51. The molecule has 2 aromatic rings. The zero-order valence-corrected chi connectivity index (χ0v) is 10.6. The number of aromatic amines is 1. The monoisotopic (exact) mass is 235 g/mol. The van der Waals surface area contributed by atoms with E-state index in [1.165, 1.54) is 11.6 Å². The summed E-state index contributed by atoms with van der Waals surface area (Å²) in [7, 11) is 1.56. The second-order valence-electron chi connectivity index (χ2n) is 4.36. The predicted molar refractivity (Wildman–Crippen MR) is 68.2 cm³/mol. The molecule has 0 bridgehead atoms. The van der Waals surface area contributed by atoms with Crippen LogP contribution in [0.3, 0.4) is 0 Å². The van der Waals surface area contributed by atoms with Gasteiger partial charge in [0.05, 0.1) is 12.6 Å². The van der Waals surface area contributed by atoms with E-state index in [1.807, 2.05) is 13.0 Å². The highest BCUT2D eigenvalue weighted by Crippen LogP contribution is 2.29. The van der Waals surface area contributed by atoms with Gasteiger partial charge in [0.25, 0.3) is 0 Å². The summed E-state index contributed by atoms with van der Waals surface area (Å²) >= 11 is 0. The number of nitrogens with one attached hydrogen (secondary N) is 1. The molecule has 2 nitrogen and oxygen atoms in total. The lowest BCUT2D eigenvalue weighted by Crippen LogP contribution is -1.88.